The number of para-hydroxylation sites is 1. The lowest BCUT2D eigenvalue weighted by Gasteiger charge is -2.34. The van der Waals surface area contributed by atoms with Gasteiger partial charge in [-0.05, 0) is 37.1 Å². The molecule has 2 aromatic rings. The molecular weight excluding hydrogens is 529 g/mol. The van der Waals surface area contributed by atoms with Crippen LogP contribution in [0, 0.1) is 0 Å². The molecule has 33 heavy (non-hydrogen) atoms. The van der Waals surface area contributed by atoms with E-state index in [4.69, 9.17) is 19.2 Å². The SMILES string of the molecule is CCNC(=NCc1cccc(COCCOCC)c1)N1CCC(Oc2ccccc2)CC1.I. The summed E-state index contributed by atoms with van der Waals surface area (Å²) >= 11 is 0. The van der Waals surface area contributed by atoms with Crippen LogP contribution >= 0.6 is 24.0 Å². The van der Waals surface area contributed by atoms with Gasteiger partial charge in [-0.1, -0.05) is 42.5 Å². The van der Waals surface area contributed by atoms with Crippen LogP contribution in [-0.2, 0) is 22.6 Å². The summed E-state index contributed by atoms with van der Waals surface area (Å²) in [4.78, 5) is 7.25. The second-order valence-corrected chi connectivity index (χ2v) is 7.86. The molecule has 0 unspecified atom stereocenters. The zero-order valence-electron chi connectivity index (χ0n) is 19.9. The fourth-order valence-corrected chi connectivity index (χ4v) is 3.74. The van der Waals surface area contributed by atoms with Gasteiger partial charge in [0.1, 0.15) is 11.9 Å². The second-order valence-electron chi connectivity index (χ2n) is 7.86. The molecule has 1 saturated heterocycles. The van der Waals surface area contributed by atoms with Crippen molar-refractivity contribution < 1.29 is 14.2 Å². The largest absolute Gasteiger partial charge is 0.490 e. The van der Waals surface area contributed by atoms with Crippen molar-refractivity contribution >= 4 is 29.9 Å². The van der Waals surface area contributed by atoms with Crippen LogP contribution in [0.5, 0.6) is 5.75 Å². The Labute approximate surface area is 215 Å². The second kappa shape index (κ2) is 15.9. The van der Waals surface area contributed by atoms with Crippen LogP contribution in [0.3, 0.4) is 0 Å². The smallest absolute Gasteiger partial charge is 0.194 e. The first-order valence-electron chi connectivity index (χ1n) is 11.8. The van der Waals surface area contributed by atoms with Gasteiger partial charge in [-0.15, -0.1) is 24.0 Å². The van der Waals surface area contributed by atoms with E-state index in [9.17, 15) is 0 Å². The number of nitrogens with zero attached hydrogens (tertiary/aromatic N) is 2. The Bertz CT molecular complexity index is 811. The maximum atomic E-state index is 6.13. The Hall–Kier alpha value is -1.84. The molecule has 6 nitrogen and oxygen atoms in total. The Morgan fingerprint density at radius 1 is 0.970 bits per heavy atom. The average molecular weight is 568 g/mol. The molecule has 1 N–H and O–H groups in total. The highest BCUT2D eigenvalue weighted by Gasteiger charge is 2.22. The maximum absolute atomic E-state index is 6.13. The van der Waals surface area contributed by atoms with E-state index in [1.807, 2.05) is 37.3 Å². The molecule has 0 atom stereocenters. The summed E-state index contributed by atoms with van der Waals surface area (Å²) in [5.74, 6) is 1.93. The van der Waals surface area contributed by atoms with Crippen LogP contribution in [0.4, 0.5) is 0 Å². The zero-order valence-corrected chi connectivity index (χ0v) is 22.2. The number of piperidine rings is 1. The van der Waals surface area contributed by atoms with Gasteiger partial charge < -0.3 is 24.4 Å². The molecule has 0 saturated carbocycles. The summed E-state index contributed by atoms with van der Waals surface area (Å²) in [6.45, 7) is 10.1. The number of nitrogens with one attached hydrogen (secondary N) is 1. The summed E-state index contributed by atoms with van der Waals surface area (Å²) in [5, 5.41) is 3.45. The van der Waals surface area contributed by atoms with Gasteiger partial charge in [0.05, 0.1) is 26.4 Å². The quantitative estimate of drug-likeness (QED) is 0.182. The van der Waals surface area contributed by atoms with Crippen molar-refractivity contribution in [3.05, 3.63) is 65.7 Å². The first-order chi connectivity index (χ1) is 15.8. The van der Waals surface area contributed by atoms with Crippen LogP contribution in [0.15, 0.2) is 59.6 Å². The summed E-state index contributed by atoms with van der Waals surface area (Å²) in [7, 11) is 0. The van der Waals surface area contributed by atoms with Crippen molar-refractivity contribution in [3.63, 3.8) is 0 Å². The number of hydrogen-bond donors (Lipinski definition) is 1. The van der Waals surface area contributed by atoms with Crippen molar-refractivity contribution in [3.8, 4) is 5.75 Å². The highest BCUT2D eigenvalue weighted by molar-refractivity contribution is 14.0. The number of rotatable bonds is 11. The lowest BCUT2D eigenvalue weighted by molar-refractivity contribution is 0.0453. The first-order valence-corrected chi connectivity index (χ1v) is 11.8. The Morgan fingerprint density at radius 3 is 2.42 bits per heavy atom. The lowest BCUT2D eigenvalue weighted by atomic mass is 10.1. The molecule has 1 aliphatic rings. The monoisotopic (exact) mass is 567 g/mol. The fraction of sp³-hybridized carbons (Fsp3) is 0.500. The van der Waals surface area contributed by atoms with Gasteiger partial charge in [0.25, 0.3) is 0 Å². The molecular formula is C26H38IN3O3. The number of ether oxygens (including phenoxy) is 3. The standard InChI is InChI=1S/C26H37N3O3.HI/c1-3-27-26(29-15-13-25(14-16-29)32-24-11-6-5-7-12-24)28-20-22-9-8-10-23(19-22)21-31-18-17-30-4-2;/h5-12,19,25H,3-4,13-18,20-21H2,1-2H3,(H,27,28);1H. The zero-order chi connectivity index (χ0) is 22.4. The highest BCUT2D eigenvalue weighted by atomic mass is 127. The highest BCUT2D eigenvalue weighted by Crippen LogP contribution is 2.19. The molecule has 0 radical (unpaired) electrons. The van der Waals surface area contributed by atoms with Gasteiger partial charge in [0, 0.05) is 39.1 Å². The van der Waals surface area contributed by atoms with Crippen molar-refractivity contribution in [2.24, 2.45) is 4.99 Å². The summed E-state index contributed by atoms with van der Waals surface area (Å²) in [6.07, 6.45) is 2.25. The predicted octanol–water partition coefficient (Wildman–Crippen LogP) is 4.87. The third-order valence-corrected chi connectivity index (χ3v) is 5.37. The van der Waals surface area contributed by atoms with E-state index in [2.05, 4.69) is 41.4 Å². The Kier molecular flexibility index (Phi) is 13.2. The topological polar surface area (TPSA) is 55.3 Å². The van der Waals surface area contributed by atoms with Crippen molar-refractivity contribution in [2.75, 3.05) is 39.5 Å². The number of hydrogen-bond acceptors (Lipinski definition) is 4. The number of aliphatic imine (C=N–C) groups is 1. The van der Waals surface area contributed by atoms with Gasteiger partial charge in [-0.2, -0.15) is 0 Å². The summed E-state index contributed by atoms with van der Waals surface area (Å²) < 4.78 is 17.1. The summed E-state index contributed by atoms with van der Waals surface area (Å²) in [5.41, 5.74) is 2.35. The Morgan fingerprint density at radius 2 is 1.70 bits per heavy atom. The van der Waals surface area contributed by atoms with Gasteiger partial charge >= 0.3 is 0 Å². The fourth-order valence-electron chi connectivity index (χ4n) is 3.74. The van der Waals surface area contributed by atoms with Gasteiger partial charge in [-0.25, -0.2) is 4.99 Å². The Balaban J connectivity index is 0.00000385. The van der Waals surface area contributed by atoms with E-state index in [-0.39, 0.29) is 30.1 Å². The van der Waals surface area contributed by atoms with E-state index in [1.165, 1.54) is 5.56 Å². The number of likely N-dealkylation sites (tertiary alicyclic amines) is 1. The molecule has 0 aromatic heterocycles. The molecule has 2 aromatic carbocycles. The maximum Gasteiger partial charge on any atom is 0.194 e. The molecule has 0 bridgehead atoms. The number of benzene rings is 2. The molecule has 3 rings (SSSR count). The van der Waals surface area contributed by atoms with Crippen LogP contribution in [-0.4, -0.2) is 56.4 Å². The van der Waals surface area contributed by atoms with E-state index in [0.717, 1.165) is 56.4 Å². The molecule has 182 valence electrons. The van der Waals surface area contributed by atoms with E-state index < -0.39 is 0 Å². The van der Waals surface area contributed by atoms with Gasteiger partial charge in [0.2, 0.25) is 0 Å². The van der Waals surface area contributed by atoms with Crippen molar-refractivity contribution in [1.82, 2.24) is 10.2 Å². The number of guanidine groups is 1. The van der Waals surface area contributed by atoms with E-state index in [1.54, 1.807) is 0 Å². The molecule has 0 amide bonds. The molecule has 7 heteroatoms. The molecule has 1 aliphatic heterocycles. The summed E-state index contributed by atoms with van der Waals surface area (Å²) in [6, 6.07) is 18.6. The van der Waals surface area contributed by atoms with Crippen molar-refractivity contribution in [1.29, 1.82) is 0 Å². The van der Waals surface area contributed by atoms with E-state index in [0.29, 0.717) is 26.4 Å². The molecule has 0 aliphatic carbocycles. The predicted molar refractivity (Wildman–Crippen MR) is 144 cm³/mol. The number of halogens is 1. The molecule has 1 heterocycles. The van der Waals surface area contributed by atoms with Crippen LogP contribution in [0.25, 0.3) is 0 Å². The minimum Gasteiger partial charge on any atom is -0.490 e. The van der Waals surface area contributed by atoms with Gasteiger partial charge in [0.15, 0.2) is 5.96 Å². The van der Waals surface area contributed by atoms with Crippen LogP contribution in [0.2, 0.25) is 0 Å². The van der Waals surface area contributed by atoms with Gasteiger partial charge in [-0.3, -0.25) is 0 Å². The lowest BCUT2D eigenvalue weighted by Crippen LogP contribution is -2.47. The molecule has 1 fully saturated rings. The first kappa shape index (κ1) is 27.4. The van der Waals surface area contributed by atoms with Crippen LogP contribution < -0.4 is 10.1 Å². The average Bonchev–Trinajstić information content (AvgIpc) is 2.83. The van der Waals surface area contributed by atoms with Crippen molar-refractivity contribution in [2.45, 2.75) is 45.9 Å². The third-order valence-electron chi connectivity index (χ3n) is 5.37. The minimum atomic E-state index is 0. The molecule has 0 spiro atoms. The third kappa shape index (κ3) is 9.90. The normalized spacial score (nSPS) is 14.6. The minimum absolute atomic E-state index is 0. The van der Waals surface area contributed by atoms with Crippen LogP contribution in [0.1, 0.15) is 37.8 Å². The van der Waals surface area contributed by atoms with E-state index >= 15 is 0 Å².